The normalized spacial score (nSPS) is 16.3. The highest BCUT2D eigenvalue weighted by Gasteiger charge is 2.20. The Morgan fingerprint density at radius 1 is 1.60 bits per heavy atom. The first kappa shape index (κ1) is 9.72. The van der Waals surface area contributed by atoms with E-state index in [0.717, 1.165) is 0 Å². The molecule has 6 nitrogen and oxygen atoms in total. The number of ether oxygens (including phenoxy) is 1. The Hall–Kier alpha value is -1.82. The predicted octanol–water partition coefficient (Wildman–Crippen LogP) is 0.558. The molecule has 15 heavy (non-hydrogen) atoms. The van der Waals surface area contributed by atoms with Crippen LogP contribution in [0.4, 0.5) is 4.79 Å². The molecule has 0 radical (unpaired) electrons. The molecule has 1 saturated heterocycles. The number of hydrogen-bond acceptors (Lipinski definition) is 5. The van der Waals surface area contributed by atoms with Crippen molar-refractivity contribution >= 4 is 12.3 Å². The third kappa shape index (κ3) is 2.16. The number of aliphatic hydroxyl groups excluding tert-OH is 1. The van der Waals surface area contributed by atoms with Crippen molar-refractivity contribution < 1.29 is 19.1 Å². The highest BCUT2D eigenvalue weighted by Crippen LogP contribution is 2.07. The van der Waals surface area contributed by atoms with Gasteiger partial charge in [-0.05, 0) is 12.1 Å². The molecule has 1 aliphatic heterocycles. The average Bonchev–Trinajstić information content (AvgIpc) is 2.84. The van der Waals surface area contributed by atoms with Crippen LogP contribution in [0.25, 0.3) is 0 Å². The molecule has 80 valence electrons. The zero-order valence-electron chi connectivity index (χ0n) is 7.92. The third-order valence-electron chi connectivity index (χ3n) is 1.90. The molecule has 0 aliphatic carbocycles. The summed E-state index contributed by atoms with van der Waals surface area (Å²) in [4.78, 5) is 11.0. The number of aliphatic hydroxyl groups is 1. The van der Waals surface area contributed by atoms with Gasteiger partial charge in [0.15, 0.2) is 0 Å². The topological polar surface area (TPSA) is 75.3 Å². The second kappa shape index (κ2) is 4.14. The van der Waals surface area contributed by atoms with Gasteiger partial charge in [-0.3, -0.25) is 0 Å². The lowest BCUT2D eigenvalue weighted by molar-refractivity contribution is 0.159. The molecule has 0 saturated carbocycles. The molecule has 0 bridgehead atoms. The first-order valence-electron chi connectivity index (χ1n) is 4.47. The Morgan fingerprint density at radius 3 is 3.07 bits per heavy atom. The van der Waals surface area contributed by atoms with E-state index >= 15 is 0 Å². The molecule has 0 aromatic carbocycles. The number of nitrogens with zero attached hydrogens (tertiary/aromatic N) is 2. The summed E-state index contributed by atoms with van der Waals surface area (Å²) in [5, 5.41) is 13.8. The van der Waals surface area contributed by atoms with Crippen molar-refractivity contribution in [2.45, 2.75) is 6.61 Å². The van der Waals surface area contributed by atoms with Crippen LogP contribution >= 0.6 is 0 Å². The lowest BCUT2D eigenvalue weighted by atomic mass is 10.4. The van der Waals surface area contributed by atoms with Gasteiger partial charge in [-0.15, -0.1) is 0 Å². The van der Waals surface area contributed by atoms with E-state index in [-0.39, 0.29) is 6.61 Å². The molecular weight excluding hydrogens is 200 g/mol. The van der Waals surface area contributed by atoms with E-state index in [4.69, 9.17) is 9.52 Å². The standard InChI is InChI=1S/C9H10N2O4/c12-6-8-2-1-7(15-8)5-10-11-3-4-14-9(11)13/h1-2,5,12H,3-4,6H2/b10-5+. The molecule has 1 N–H and O–H groups in total. The summed E-state index contributed by atoms with van der Waals surface area (Å²) in [6.45, 7) is 0.652. The molecule has 2 rings (SSSR count). The maximum Gasteiger partial charge on any atom is 0.430 e. The highest BCUT2D eigenvalue weighted by molar-refractivity contribution is 5.78. The Labute approximate surface area is 85.7 Å². The minimum absolute atomic E-state index is 0.153. The van der Waals surface area contributed by atoms with Gasteiger partial charge >= 0.3 is 6.09 Å². The zero-order valence-corrected chi connectivity index (χ0v) is 7.92. The molecule has 0 spiro atoms. The maximum atomic E-state index is 11.0. The zero-order chi connectivity index (χ0) is 10.7. The van der Waals surface area contributed by atoms with E-state index < -0.39 is 6.09 Å². The van der Waals surface area contributed by atoms with Crippen LogP contribution in [0.3, 0.4) is 0 Å². The lowest BCUT2D eigenvalue weighted by Gasteiger charge is -2.01. The molecule has 1 aliphatic rings. The number of hydrazone groups is 1. The van der Waals surface area contributed by atoms with E-state index in [0.29, 0.717) is 24.7 Å². The number of hydrogen-bond donors (Lipinski definition) is 1. The molecule has 2 heterocycles. The maximum absolute atomic E-state index is 11.0. The van der Waals surface area contributed by atoms with Gasteiger partial charge in [0.05, 0.1) is 12.8 Å². The van der Waals surface area contributed by atoms with Gasteiger partial charge in [0.2, 0.25) is 0 Å². The number of cyclic esters (lactones) is 1. The monoisotopic (exact) mass is 210 g/mol. The van der Waals surface area contributed by atoms with Gasteiger partial charge in [0.25, 0.3) is 0 Å². The van der Waals surface area contributed by atoms with Crippen LogP contribution in [-0.2, 0) is 11.3 Å². The Bertz CT molecular complexity index is 385. The second-order valence-corrected chi connectivity index (χ2v) is 2.94. The first-order chi connectivity index (χ1) is 7.29. The van der Waals surface area contributed by atoms with Gasteiger partial charge < -0.3 is 14.3 Å². The van der Waals surface area contributed by atoms with E-state index in [1.165, 1.54) is 11.2 Å². The number of furan rings is 1. The molecule has 0 unspecified atom stereocenters. The lowest BCUT2D eigenvalue weighted by Crippen LogP contribution is -2.17. The van der Waals surface area contributed by atoms with Crippen molar-refractivity contribution in [3.05, 3.63) is 23.7 Å². The fraction of sp³-hybridized carbons (Fsp3) is 0.333. The van der Waals surface area contributed by atoms with E-state index in [9.17, 15) is 4.79 Å². The van der Waals surface area contributed by atoms with Gasteiger partial charge in [0.1, 0.15) is 24.7 Å². The van der Waals surface area contributed by atoms with Crippen molar-refractivity contribution in [3.8, 4) is 0 Å². The number of amides is 1. The fourth-order valence-corrected chi connectivity index (χ4v) is 1.17. The van der Waals surface area contributed by atoms with Gasteiger partial charge in [-0.2, -0.15) is 10.1 Å². The van der Waals surface area contributed by atoms with Crippen molar-refractivity contribution in [1.82, 2.24) is 5.01 Å². The first-order valence-corrected chi connectivity index (χ1v) is 4.47. The minimum Gasteiger partial charge on any atom is -0.458 e. The fourth-order valence-electron chi connectivity index (χ4n) is 1.17. The molecule has 6 heteroatoms. The van der Waals surface area contributed by atoms with E-state index in [1.807, 2.05) is 0 Å². The number of carbonyl (C=O) groups is 1. The van der Waals surface area contributed by atoms with Crippen LogP contribution in [0, 0.1) is 0 Å². The van der Waals surface area contributed by atoms with Crippen molar-refractivity contribution in [1.29, 1.82) is 0 Å². The van der Waals surface area contributed by atoms with Gasteiger partial charge in [-0.1, -0.05) is 0 Å². The summed E-state index contributed by atoms with van der Waals surface area (Å²) in [5.74, 6) is 0.944. The highest BCUT2D eigenvalue weighted by atomic mass is 16.6. The third-order valence-corrected chi connectivity index (χ3v) is 1.90. The molecular formula is C9H10N2O4. The molecule has 1 aromatic rings. The minimum atomic E-state index is -0.458. The summed E-state index contributed by atoms with van der Waals surface area (Å²) in [7, 11) is 0. The Kier molecular flexibility index (Phi) is 2.68. The molecule has 1 aromatic heterocycles. The largest absolute Gasteiger partial charge is 0.458 e. The van der Waals surface area contributed by atoms with Gasteiger partial charge in [-0.25, -0.2) is 4.79 Å². The van der Waals surface area contributed by atoms with Crippen LogP contribution < -0.4 is 0 Å². The van der Waals surface area contributed by atoms with Crippen molar-refractivity contribution in [2.75, 3.05) is 13.2 Å². The van der Waals surface area contributed by atoms with Crippen LogP contribution in [0.2, 0.25) is 0 Å². The summed E-state index contributed by atoms with van der Waals surface area (Å²) < 4.78 is 9.83. The van der Waals surface area contributed by atoms with E-state index in [1.54, 1.807) is 12.1 Å². The van der Waals surface area contributed by atoms with E-state index in [2.05, 4.69) is 9.84 Å². The smallest absolute Gasteiger partial charge is 0.430 e. The predicted molar refractivity (Wildman–Crippen MR) is 50.3 cm³/mol. The average molecular weight is 210 g/mol. The molecule has 1 amide bonds. The Balaban J connectivity index is 2.01. The molecule has 0 atom stereocenters. The Morgan fingerprint density at radius 2 is 2.47 bits per heavy atom. The number of carbonyl (C=O) groups excluding carboxylic acids is 1. The summed E-state index contributed by atoms with van der Waals surface area (Å²) >= 11 is 0. The van der Waals surface area contributed by atoms with Crippen molar-refractivity contribution in [3.63, 3.8) is 0 Å². The van der Waals surface area contributed by atoms with Crippen LogP contribution in [0.15, 0.2) is 21.7 Å². The second-order valence-electron chi connectivity index (χ2n) is 2.94. The summed E-state index contributed by atoms with van der Waals surface area (Å²) in [6.07, 6.45) is 0.950. The SMILES string of the molecule is O=C1OCCN1/N=C/c1ccc(CO)o1. The quantitative estimate of drug-likeness (QED) is 0.739. The number of rotatable bonds is 3. The van der Waals surface area contributed by atoms with Crippen LogP contribution in [0.1, 0.15) is 11.5 Å². The van der Waals surface area contributed by atoms with Crippen LogP contribution in [-0.4, -0.2) is 35.6 Å². The summed E-state index contributed by atoms with van der Waals surface area (Å²) in [5.41, 5.74) is 0. The molecule has 1 fully saturated rings. The van der Waals surface area contributed by atoms with Crippen molar-refractivity contribution in [2.24, 2.45) is 5.10 Å². The van der Waals surface area contributed by atoms with Crippen LogP contribution in [0.5, 0.6) is 0 Å². The van der Waals surface area contributed by atoms with Gasteiger partial charge in [0, 0.05) is 0 Å². The summed E-state index contributed by atoms with van der Waals surface area (Å²) in [6, 6.07) is 3.31.